The summed E-state index contributed by atoms with van der Waals surface area (Å²) in [4.78, 5) is 5.42. The Morgan fingerprint density at radius 3 is 2.83 bits per heavy atom. The van der Waals surface area contributed by atoms with E-state index in [0.717, 1.165) is 25.7 Å². The SMILES string of the molecule is Cc1cc(CN2C[C@H]3CCCN3C[C@@H]2C)c(C)n1C[C@@H]1CCCO1. The molecule has 0 bridgehead atoms. The average Bonchev–Trinajstić information content (AvgIpc) is 3.26. The highest BCUT2D eigenvalue weighted by Gasteiger charge is 2.34. The van der Waals surface area contributed by atoms with Gasteiger partial charge < -0.3 is 9.30 Å². The zero-order valence-corrected chi connectivity index (χ0v) is 15.6. The third-order valence-electron chi connectivity index (χ3n) is 6.53. The molecular formula is C20H33N3O. The Bertz CT molecular complexity index is 576. The number of hydrogen-bond donors (Lipinski definition) is 0. The van der Waals surface area contributed by atoms with Crippen LogP contribution in [-0.2, 0) is 17.8 Å². The van der Waals surface area contributed by atoms with Crippen molar-refractivity contribution in [3.05, 3.63) is 23.0 Å². The van der Waals surface area contributed by atoms with Crippen LogP contribution in [0.25, 0.3) is 0 Å². The molecule has 3 fully saturated rings. The van der Waals surface area contributed by atoms with Gasteiger partial charge in [0.2, 0.25) is 0 Å². The van der Waals surface area contributed by atoms with Gasteiger partial charge in [-0.15, -0.1) is 0 Å². The molecule has 4 heterocycles. The minimum Gasteiger partial charge on any atom is -0.376 e. The molecule has 0 radical (unpaired) electrons. The number of hydrogen-bond acceptors (Lipinski definition) is 3. The first-order chi connectivity index (χ1) is 11.6. The van der Waals surface area contributed by atoms with E-state index < -0.39 is 0 Å². The van der Waals surface area contributed by atoms with Gasteiger partial charge in [0, 0.05) is 56.3 Å². The summed E-state index contributed by atoms with van der Waals surface area (Å²) in [6.07, 6.45) is 5.64. The molecule has 0 spiro atoms. The van der Waals surface area contributed by atoms with Crippen LogP contribution in [0, 0.1) is 13.8 Å². The highest BCUT2D eigenvalue weighted by molar-refractivity contribution is 5.27. The number of nitrogens with zero attached hydrogens (tertiary/aromatic N) is 3. The summed E-state index contributed by atoms with van der Waals surface area (Å²) in [6.45, 7) is 13.9. The van der Waals surface area contributed by atoms with E-state index in [1.165, 1.54) is 62.3 Å². The topological polar surface area (TPSA) is 20.6 Å². The van der Waals surface area contributed by atoms with Gasteiger partial charge in [-0.05, 0) is 64.6 Å². The van der Waals surface area contributed by atoms with Gasteiger partial charge in [-0.25, -0.2) is 0 Å². The molecule has 24 heavy (non-hydrogen) atoms. The molecule has 4 nitrogen and oxygen atoms in total. The van der Waals surface area contributed by atoms with Gasteiger partial charge in [-0.3, -0.25) is 9.80 Å². The molecule has 4 heteroatoms. The molecule has 3 aliphatic heterocycles. The molecule has 3 saturated heterocycles. The average molecular weight is 332 g/mol. The van der Waals surface area contributed by atoms with Crippen LogP contribution >= 0.6 is 0 Å². The highest BCUT2D eigenvalue weighted by Crippen LogP contribution is 2.27. The Morgan fingerprint density at radius 2 is 2.04 bits per heavy atom. The number of fused-ring (bicyclic) bond motifs is 1. The Kier molecular flexibility index (Phi) is 4.72. The second-order valence-corrected chi connectivity index (χ2v) is 8.21. The predicted molar refractivity (Wildman–Crippen MR) is 97.3 cm³/mol. The molecule has 0 saturated carbocycles. The van der Waals surface area contributed by atoms with Crippen LogP contribution in [0.1, 0.15) is 49.6 Å². The lowest BCUT2D eigenvalue weighted by Gasteiger charge is -2.42. The van der Waals surface area contributed by atoms with Crippen LogP contribution < -0.4 is 0 Å². The van der Waals surface area contributed by atoms with Crippen LogP contribution in [-0.4, -0.2) is 58.8 Å². The first kappa shape index (κ1) is 16.6. The lowest BCUT2D eigenvalue weighted by molar-refractivity contribution is 0.0538. The van der Waals surface area contributed by atoms with Crippen LogP contribution in [0.2, 0.25) is 0 Å². The van der Waals surface area contributed by atoms with E-state index in [2.05, 4.69) is 41.2 Å². The molecule has 1 aromatic heterocycles. The first-order valence-electron chi connectivity index (χ1n) is 9.87. The molecule has 0 aliphatic carbocycles. The third-order valence-corrected chi connectivity index (χ3v) is 6.53. The number of rotatable bonds is 4. The molecule has 0 aromatic carbocycles. The number of piperazine rings is 1. The second kappa shape index (κ2) is 6.81. The van der Waals surface area contributed by atoms with E-state index in [0.29, 0.717) is 12.1 Å². The van der Waals surface area contributed by atoms with Crippen molar-refractivity contribution >= 4 is 0 Å². The number of aromatic nitrogens is 1. The summed E-state index contributed by atoms with van der Waals surface area (Å²) in [5, 5.41) is 0. The van der Waals surface area contributed by atoms with E-state index in [1.807, 2.05) is 0 Å². The van der Waals surface area contributed by atoms with Crippen LogP contribution in [0.4, 0.5) is 0 Å². The lowest BCUT2D eigenvalue weighted by atomic mass is 10.1. The van der Waals surface area contributed by atoms with Crippen LogP contribution in [0.15, 0.2) is 6.07 Å². The van der Waals surface area contributed by atoms with Gasteiger partial charge in [-0.1, -0.05) is 0 Å². The molecule has 3 aliphatic rings. The number of ether oxygens (including phenoxy) is 1. The maximum Gasteiger partial charge on any atom is 0.0754 e. The Morgan fingerprint density at radius 1 is 1.17 bits per heavy atom. The Balaban J connectivity index is 1.46. The van der Waals surface area contributed by atoms with E-state index in [-0.39, 0.29) is 0 Å². The zero-order valence-electron chi connectivity index (χ0n) is 15.6. The maximum atomic E-state index is 5.85. The summed E-state index contributed by atoms with van der Waals surface area (Å²) in [7, 11) is 0. The standard InChI is InChI=1S/C20H33N3O/c1-15-10-18(17(3)23(15)14-20-7-5-9-24-20)12-22-13-19-6-4-8-21(19)11-16(22)2/h10,16,19-20H,4-9,11-14H2,1-3H3/t16-,19+,20-/m0/s1. The van der Waals surface area contributed by atoms with Crippen molar-refractivity contribution in [3.63, 3.8) is 0 Å². The van der Waals surface area contributed by atoms with Gasteiger partial charge in [0.05, 0.1) is 6.10 Å². The van der Waals surface area contributed by atoms with E-state index >= 15 is 0 Å². The molecule has 3 atom stereocenters. The molecule has 134 valence electrons. The van der Waals surface area contributed by atoms with Crippen LogP contribution in [0.3, 0.4) is 0 Å². The van der Waals surface area contributed by atoms with Crippen molar-refractivity contribution in [1.82, 2.24) is 14.4 Å². The summed E-state index contributed by atoms with van der Waals surface area (Å²) >= 11 is 0. The minimum absolute atomic E-state index is 0.420. The second-order valence-electron chi connectivity index (χ2n) is 8.21. The molecule has 0 amide bonds. The van der Waals surface area contributed by atoms with Gasteiger partial charge >= 0.3 is 0 Å². The van der Waals surface area contributed by atoms with Crippen molar-refractivity contribution in [2.24, 2.45) is 0 Å². The number of aryl methyl sites for hydroxylation is 1. The predicted octanol–water partition coefficient (Wildman–Crippen LogP) is 2.95. The molecule has 0 unspecified atom stereocenters. The van der Waals surface area contributed by atoms with Gasteiger partial charge in [-0.2, -0.15) is 0 Å². The van der Waals surface area contributed by atoms with Crippen molar-refractivity contribution in [2.45, 2.75) is 77.7 Å². The van der Waals surface area contributed by atoms with E-state index in [1.54, 1.807) is 0 Å². The van der Waals surface area contributed by atoms with Crippen molar-refractivity contribution < 1.29 is 4.74 Å². The normalized spacial score (nSPS) is 31.7. The fourth-order valence-electron chi connectivity index (χ4n) is 4.99. The molecule has 1 aromatic rings. The smallest absolute Gasteiger partial charge is 0.0754 e. The summed E-state index contributed by atoms with van der Waals surface area (Å²) in [5.74, 6) is 0. The first-order valence-corrected chi connectivity index (χ1v) is 9.87. The molecular weight excluding hydrogens is 298 g/mol. The van der Waals surface area contributed by atoms with Gasteiger partial charge in [0.25, 0.3) is 0 Å². The van der Waals surface area contributed by atoms with E-state index in [9.17, 15) is 0 Å². The van der Waals surface area contributed by atoms with Gasteiger partial charge in [0.1, 0.15) is 0 Å². The highest BCUT2D eigenvalue weighted by atomic mass is 16.5. The zero-order chi connectivity index (χ0) is 16.7. The van der Waals surface area contributed by atoms with Crippen molar-refractivity contribution in [2.75, 3.05) is 26.2 Å². The largest absolute Gasteiger partial charge is 0.376 e. The maximum absolute atomic E-state index is 5.85. The summed E-state index contributed by atoms with van der Waals surface area (Å²) < 4.78 is 8.34. The fraction of sp³-hybridized carbons (Fsp3) is 0.800. The van der Waals surface area contributed by atoms with E-state index in [4.69, 9.17) is 4.74 Å². The quantitative estimate of drug-likeness (QED) is 0.846. The summed E-state index contributed by atoms with van der Waals surface area (Å²) in [6, 6.07) is 3.88. The summed E-state index contributed by atoms with van der Waals surface area (Å²) in [5.41, 5.74) is 4.36. The fourth-order valence-corrected chi connectivity index (χ4v) is 4.99. The molecule has 0 N–H and O–H groups in total. The van der Waals surface area contributed by atoms with Crippen molar-refractivity contribution in [1.29, 1.82) is 0 Å². The van der Waals surface area contributed by atoms with Crippen LogP contribution in [0.5, 0.6) is 0 Å². The molecule has 4 rings (SSSR count). The minimum atomic E-state index is 0.420. The monoisotopic (exact) mass is 331 g/mol. The third kappa shape index (κ3) is 3.16. The lowest BCUT2D eigenvalue weighted by Crippen LogP contribution is -2.54. The Labute approximate surface area is 146 Å². The Hall–Kier alpha value is -0.840. The van der Waals surface area contributed by atoms with Gasteiger partial charge in [0.15, 0.2) is 0 Å². The van der Waals surface area contributed by atoms with Crippen molar-refractivity contribution in [3.8, 4) is 0 Å².